The summed E-state index contributed by atoms with van der Waals surface area (Å²) in [5, 5.41) is 3.71. The van der Waals surface area contributed by atoms with Crippen molar-refractivity contribution in [2.24, 2.45) is 5.92 Å². The number of fused-ring (bicyclic) bond motifs is 3. The van der Waals surface area contributed by atoms with Gasteiger partial charge in [-0.25, -0.2) is 0 Å². The highest BCUT2D eigenvalue weighted by molar-refractivity contribution is 5.57. The molecular weight excluding hydrogens is 272 g/mol. The van der Waals surface area contributed by atoms with Gasteiger partial charge < -0.3 is 15.8 Å². The third kappa shape index (κ3) is 2.00. The zero-order chi connectivity index (χ0) is 15.1. The second kappa shape index (κ2) is 5.33. The fourth-order valence-electron chi connectivity index (χ4n) is 4.27. The second-order valence-corrected chi connectivity index (χ2v) is 6.34. The second-order valence-electron chi connectivity index (χ2n) is 6.34. The van der Waals surface area contributed by atoms with Crippen molar-refractivity contribution in [3.05, 3.63) is 59.2 Å². The number of piperidine rings is 1. The molecule has 2 aromatic carbocycles. The van der Waals surface area contributed by atoms with Crippen LogP contribution in [0.4, 0.5) is 5.69 Å². The molecule has 0 radical (unpaired) electrons. The summed E-state index contributed by atoms with van der Waals surface area (Å²) in [6.45, 7) is 1.09. The van der Waals surface area contributed by atoms with E-state index in [9.17, 15) is 0 Å². The number of methoxy groups -OCH3 is 1. The quantitative estimate of drug-likeness (QED) is 0.834. The topological polar surface area (TPSA) is 47.3 Å². The highest BCUT2D eigenvalue weighted by Gasteiger charge is 2.43. The lowest BCUT2D eigenvalue weighted by molar-refractivity contribution is 0.287. The Morgan fingerprint density at radius 2 is 1.95 bits per heavy atom. The molecule has 1 aliphatic heterocycles. The van der Waals surface area contributed by atoms with Gasteiger partial charge in [-0.2, -0.15) is 0 Å². The molecule has 3 atom stereocenters. The first-order valence-electron chi connectivity index (χ1n) is 8.05. The number of anilines is 1. The lowest BCUT2D eigenvalue weighted by atomic mass is 9.80. The monoisotopic (exact) mass is 294 g/mol. The van der Waals surface area contributed by atoms with Crippen LogP contribution in [0, 0.1) is 5.92 Å². The number of nitrogen functional groups attached to an aromatic ring is 1. The van der Waals surface area contributed by atoms with Crippen LogP contribution >= 0.6 is 0 Å². The highest BCUT2D eigenvalue weighted by atomic mass is 16.5. The molecule has 3 unspecified atom stereocenters. The fraction of sp³-hybridized carbons (Fsp3) is 0.368. The van der Waals surface area contributed by atoms with Gasteiger partial charge in [-0.15, -0.1) is 0 Å². The van der Waals surface area contributed by atoms with Crippen molar-refractivity contribution < 1.29 is 4.74 Å². The normalized spacial score (nSPS) is 26.3. The average Bonchev–Trinajstić information content (AvgIpc) is 2.89. The number of nitrogens with one attached hydrogen (secondary N) is 1. The van der Waals surface area contributed by atoms with Crippen molar-refractivity contribution in [2.45, 2.75) is 24.8 Å². The fourth-order valence-corrected chi connectivity index (χ4v) is 4.27. The molecule has 1 saturated heterocycles. The van der Waals surface area contributed by atoms with Gasteiger partial charge in [0.15, 0.2) is 0 Å². The van der Waals surface area contributed by atoms with Crippen molar-refractivity contribution in [3.8, 4) is 5.75 Å². The van der Waals surface area contributed by atoms with E-state index < -0.39 is 0 Å². The number of para-hydroxylation sites is 1. The molecular formula is C19H22N2O. The van der Waals surface area contributed by atoms with Crippen LogP contribution in [0.2, 0.25) is 0 Å². The van der Waals surface area contributed by atoms with E-state index in [1.807, 2.05) is 12.1 Å². The van der Waals surface area contributed by atoms with Crippen LogP contribution in [0.1, 0.15) is 41.5 Å². The molecule has 2 aromatic rings. The van der Waals surface area contributed by atoms with E-state index in [2.05, 4.69) is 35.6 Å². The summed E-state index contributed by atoms with van der Waals surface area (Å²) in [7, 11) is 1.73. The first-order valence-corrected chi connectivity index (χ1v) is 8.05. The van der Waals surface area contributed by atoms with Gasteiger partial charge in [0.2, 0.25) is 0 Å². The summed E-state index contributed by atoms with van der Waals surface area (Å²) in [4.78, 5) is 0. The molecule has 3 N–H and O–H groups in total. The van der Waals surface area contributed by atoms with Gasteiger partial charge in [0, 0.05) is 17.6 Å². The molecule has 0 aromatic heterocycles. The Labute approximate surface area is 131 Å². The summed E-state index contributed by atoms with van der Waals surface area (Å²) >= 11 is 0. The Morgan fingerprint density at radius 3 is 2.77 bits per heavy atom. The molecule has 3 nitrogen and oxygen atoms in total. The van der Waals surface area contributed by atoms with Gasteiger partial charge in [-0.05, 0) is 60.2 Å². The first kappa shape index (κ1) is 13.6. The Hall–Kier alpha value is -2.00. The van der Waals surface area contributed by atoms with Crippen LogP contribution in [0.5, 0.6) is 5.75 Å². The van der Waals surface area contributed by atoms with Crippen LogP contribution in [0.3, 0.4) is 0 Å². The molecule has 0 saturated carbocycles. The maximum absolute atomic E-state index is 6.29. The molecule has 1 heterocycles. The Morgan fingerprint density at radius 1 is 1.09 bits per heavy atom. The van der Waals surface area contributed by atoms with E-state index in [1.165, 1.54) is 29.5 Å². The van der Waals surface area contributed by atoms with Crippen LogP contribution in [0.15, 0.2) is 42.5 Å². The van der Waals surface area contributed by atoms with Gasteiger partial charge in [-0.1, -0.05) is 24.3 Å². The number of ether oxygens (including phenoxy) is 1. The summed E-state index contributed by atoms with van der Waals surface area (Å²) in [6, 6.07) is 15.2. The van der Waals surface area contributed by atoms with Crippen molar-refractivity contribution in [1.82, 2.24) is 5.32 Å². The highest BCUT2D eigenvalue weighted by Crippen LogP contribution is 2.53. The van der Waals surface area contributed by atoms with Gasteiger partial charge in [0.25, 0.3) is 0 Å². The molecule has 1 fully saturated rings. The van der Waals surface area contributed by atoms with E-state index in [0.29, 0.717) is 17.9 Å². The predicted molar refractivity (Wildman–Crippen MR) is 89.2 cm³/mol. The third-order valence-electron chi connectivity index (χ3n) is 5.23. The van der Waals surface area contributed by atoms with Gasteiger partial charge in [-0.3, -0.25) is 0 Å². The van der Waals surface area contributed by atoms with Crippen molar-refractivity contribution in [1.29, 1.82) is 0 Å². The summed E-state index contributed by atoms with van der Waals surface area (Å²) in [5.41, 5.74) is 11.3. The Balaban J connectivity index is 1.87. The number of nitrogens with two attached hydrogens (primary N) is 1. The molecule has 0 bridgehead atoms. The maximum Gasteiger partial charge on any atom is 0.119 e. The molecule has 0 spiro atoms. The van der Waals surface area contributed by atoms with E-state index in [1.54, 1.807) is 7.11 Å². The standard InChI is InChI=1S/C19H22N2O/c1-22-12-8-9-13-16(11-12)19-15(6-4-10-21-19)18(13)14-5-2-3-7-17(14)20/h2-3,5,7-9,11,15,18-19,21H,4,6,10,20H2,1H3. The molecule has 114 valence electrons. The number of hydrogen-bond donors (Lipinski definition) is 2. The third-order valence-corrected chi connectivity index (χ3v) is 5.23. The Kier molecular flexibility index (Phi) is 3.30. The summed E-state index contributed by atoms with van der Waals surface area (Å²) in [6.07, 6.45) is 2.48. The van der Waals surface area contributed by atoms with E-state index in [0.717, 1.165) is 18.0 Å². The SMILES string of the molecule is COc1ccc2c(c1)C1NCCCC1C2c1ccccc1N. The molecule has 1 aliphatic carbocycles. The number of rotatable bonds is 2. The number of hydrogen-bond acceptors (Lipinski definition) is 3. The van der Waals surface area contributed by atoms with Crippen LogP contribution in [0.25, 0.3) is 0 Å². The van der Waals surface area contributed by atoms with Crippen LogP contribution in [-0.2, 0) is 0 Å². The molecule has 3 heteroatoms. The molecule has 22 heavy (non-hydrogen) atoms. The van der Waals surface area contributed by atoms with Gasteiger partial charge >= 0.3 is 0 Å². The number of benzene rings is 2. The predicted octanol–water partition coefficient (Wildman–Crippen LogP) is 3.46. The minimum Gasteiger partial charge on any atom is -0.497 e. The van der Waals surface area contributed by atoms with Crippen LogP contribution < -0.4 is 15.8 Å². The summed E-state index contributed by atoms with van der Waals surface area (Å²) in [5.74, 6) is 1.91. The zero-order valence-corrected chi connectivity index (χ0v) is 12.9. The lowest BCUT2D eigenvalue weighted by Gasteiger charge is -2.31. The van der Waals surface area contributed by atoms with Crippen molar-refractivity contribution in [2.75, 3.05) is 19.4 Å². The van der Waals surface area contributed by atoms with Gasteiger partial charge in [0.05, 0.1) is 7.11 Å². The van der Waals surface area contributed by atoms with Gasteiger partial charge in [0.1, 0.15) is 5.75 Å². The lowest BCUT2D eigenvalue weighted by Crippen LogP contribution is -2.33. The molecule has 2 aliphatic rings. The average molecular weight is 294 g/mol. The first-order chi connectivity index (χ1) is 10.8. The molecule has 0 amide bonds. The largest absolute Gasteiger partial charge is 0.497 e. The maximum atomic E-state index is 6.29. The van der Waals surface area contributed by atoms with Crippen molar-refractivity contribution in [3.63, 3.8) is 0 Å². The summed E-state index contributed by atoms with van der Waals surface area (Å²) < 4.78 is 5.43. The van der Waals surface area contributed by atoms with E-state index in [4.69, 9.17) is 10.5 Å². The Bertz CT molecular complexity index is 698. The minimum absolute atomic E-state index is 0.389. The van der Waals surface area contributed by atoms with E-state index >= 15 is 0 Å². The van der Waals surface area contributed by atoms with E-state index in [-0.39, 0.29) is 0 Å². The van der Waals surface area contributed by atoms with Crippen LogP contribution in [-0.4, -0.2) is 13.7 Å². The van der Waals surface area contributed by atoms with Crippen molar-refractivity contribution >= 4 is 5.69 Å². The zero-order valence-electron chi connectivity index (χ0n) is 12.9. The smallest absolute Gasteiger partial charge is 0.119 e. The molecule has 4 rings (SSSR count). The minimum atomic E-state index is 0.389.